The lowest BCUT2D eigenvalue weighted by molar-refractivity contribution is 0.227. The molecule has 1 unspecified atom stereocenters. The topological polar surface area (TPSA) is 20.2 Å². The zero-order valence-electron chi connectivity index (χ0n) is 8.20. The zero-order valence-corrected chi connectivity index (χ0v) is 9.02. The molecule has 0 amide bonds. The quantitative estimate of drug-likeness (QED) is 0.696. The third-order valence-electron chi connectivity index (χ3n) is 2.26. The summed E-state index contributed by atoms with van der Waals surface area (Å²) >= 11 is 1.84. The summed E-state index contributed by atoms with van der Waals surface area (Å²) in [6.45, 7) is 2.43. The van der Waals surface area contributed by atoms with E-state index in [0.717, 1.165) is 6.42 Å². The van der Waals surface area contributed by atoms with E-state index in [1.165, 1.54) is 24.1 Å². The van der Waals surface area contributed by atoms with Gasteiger partial charge >= 0.3 is 0 Å². The van der Waals surface area contributed by atoms with Crippen molar-refractivity contribution in [1.29, 1.82) is 0 Å². The Labute approximate surface area is 84.4 Å². The Hall–Kier alpha value is -0.340. The van der Waals surface area contributed by atoms with Crippen molar-refractivity contribution >= 4 is 11.3 Å². The summed E-state index contributed by atoms with van der Waals surface area (Å²) in [5, 5.41) is 11.0. The first-order valence-corrected chi connectivity index (χ1v) is 5.84. The minimum Gasteiger partial charge on any atom is -0.396 e. The number of aliphatic hydroxyl groups is 1. The number of aryl methyl sites for hydroxylation is 1. The van der Waals surface area contributed by atoms with Gasteiger partial charge in [-0.25, -0.2) is 0 Å². The summed E-state index contributed by atoms with van der Waals surface area (Å²) < 4.78 is 0. The van der Waals surface area contributed by atoms with Crippen LogP contribution in [0.4, 0.5) is 0 Å². The first kappa shape index (κ1) is 10.7. The Balaban J connectivity index is 2.02. The van der Waals surface area contributed by atoms with Gasteiger partial charge in [0, 0.05) is 11.5 Å². The van der Waals surface area contributed by atoms with Crippen molar-refractivity contribution in [3.05, 3.63) is 22.4 Å². The zero-order chi connectivity index (χ0) is 9.52. The van der Waals surface area contributed by atoms with Crippen LogP contribution in [0.3, 0.4) is 0 Å². The van der Waals surface area contributed by atoms with E-state index in [4.69, 9.17) is 5.11 Å². The predicted molar refractivity (Wildman–Crippen MR) is 58.1 cm³/mol. The first-order chi connectivity index (χ1) is 6.33. The molecule has 1 aromatic rings. The van der Waals surface area contributed by atoms with Gasteiger partial charge in [0.25, 0.3) is 0 Å². The Bertz CT molecular complexity index is 206. The Morgan fingerprint density at radius 1 is 1.46 bits per heavy atom. The number of unbranched alkanes of at least 4 members (excludes halogenated alkanes) is 1. The standard InChI is InChI=1S/C11H18OS/c1-10(9-12)5-2-3-6-11-7-4-8-13-11/h4,7-8,10,12H,2-3,5-6,9H2,1H3. The second-order valence-corrected chi connectivity index (χ2v) is 4.65. The highest BCUT2D eigenvalue weighted by Gasteiger charge is 1.99. The molecule has 0 bridgehead atoms. The minimum atomic E-state index is 0.332. The number of rotatable bonds is 6. The number of aliphatic hydroxyl groups excluding tert-OH is 1. The SMILES string of the molecule is CC(CO)CCCCc1cccs1. The van der Waals surface area contributed by atoms with E-state index >= 15 is 0 Å². The molecule has 0 aliphatic rings. The third kappa shape index (κ3) is 4.44. The van der Waals surface area contributed by atoms with Crippen LogP contribution < -0.4 is 0 Å². The molecule has 13 heavy (non-hydrogen) atoms. The van der Waals surface area contributed by atoms with Crippen LogP contribution >= 0.6 is 11.3 Å². The maximum absolute atomic E-state index is 8.82. The predicted octanol–water partition coefficient (Wildman–Crippen LogP) is 3.09. The normalized spacial score (nSPS) is 13.1. The van der Waals surface area contributed by atoms with Crippen LogP contribution in [-0.2, 0) is 6.42 Å². The molecular formula is C11H18OS. The van der Waals surface area contributed by atoms with Crippen molar-refractivity contribution in [2.24, 2.45) is 5.92 Å². The molecule has 1 nitrogen and oxygen atoms in total. The van der Waals surface area contributed by atoms with Crippen molar-refractivity contribution in [1.82, 2.24) is 0 Å². The Kier molecular flexibility index (Phi) is 5.09. The molecule has 0 fully saturated rings. The maximum atomic E-state index is 8.82. The van der Waals surface area contributed by atoms with Crippen LogP contribution in [0.2, 0.25) is 0 Å². The summed E-state index contributed by atoms with van der Waals surface area (Å²) in [6, 6.07) is 4.30. The molecular weight excluding hydrogens is 180 g/mol. The Morgan fingerprint density at radius 2 is 2.31 bits per heavy atom. The van der Waals surface area contributed by atoms with Gasteiger partial charge in [-0.05, 0) is 36.6 Å². The van der Waals surface area contributed by atoms with Crippen molar-refractivity contribution in [2.45, 2.75) is 32.6 Å². The first-order valence-electron chi connectivity index (χ1n) is 4.96. The Morgan fingerprint density at radius 3 is 2.92 bits per heavy atom. The van der Waals surface area contributed by atoms with E-state index in [9.17, 15) is 0 Å². The second kappa shape index (κ2) is 6.17. The van der Waals surface area contributed by atoms with Crippen molar-refractivity contribution < 1.29 is 5.11 Å². The lowest BCUT2D eigenvalue weighted by Crippen LogP contribution is -2.00. The van der Waals surface area contributed by atoms with Gasteiger partial charge in [-0.1, -0.05) is 19.4 Å². The van der Waals surface area contributed by atoms with Gasteiger partial charge in [0.15, 0.2) is 0 Å². The summed E-state index contributed by atoms with van der Waals surface area (Å²) in [7, 11) is 0. The number of hydrogen-bond donors (Lipinski definition) is 1. The van der Waals surface area contributed by atoms with Crippen LogP contribution in [0.5, 0.6) is 0 Å². The van der Waals surface area contributed by atoms with Gasteiger partial charge in [0.05, 0.1) is 0 Å². The summed E-state index contributed by atoms with van der Waals surface area (Å²) in [6.07, 6.45) is 4.85. The summed E-state index contributed by atoms with van der Waals surface area (Å²) in [4.78, 5) is 1.48. The van der Waals surface area contributed by atoms with E-state index < -0.39 is 0 Å². The summed E-state index contributed by atoms with van der Waals surface area (Å²) in [5.74, 6) is 0.475. The van der Waals surface area contributed by atoms with Crippen molar-refractivity contribution in [3.63, 3.8) is 0 Å². The number of hydrogen-bond acceptors (Lipinski definition) is 2. The second-order valence-electron chi connectivity index (χ2n) is 3.61. The van der Waals surface area contributed by atoms with Crippen molar-refractivity contribution in [3.8, 4) is 0 Å². The average Bonchev–Trinajstić information content (AvgIpc) is 2.64. The van der Waals surface area contributed by atoms with Crippen LogP contribution in [-0.4, -0.2) is 11.7 Å². The fraction of sp³-hybridized carbons (Fsp3) is 0.636. The molecule has 1 atom stereocenters. The van der Waals surface area contributed by atoms with E-state index in [0.29, 0.717) is 12.5 Å². The van der Waals surface area contributed by atoms with Gasteiger partial charge in [-0.3, -0.25) is 0 Å². The van der Waals surface area contributed by atoms with Crippen LogP contribution in [0.1, 0.15) is 31.1 Å². The molecule has 0 spiro atoms. The molecule has 1 N–H and O–H groups in total. The van der Waals surface area contributed by atoms with Gasteiger partial charge in [0.1, 0.15) is 0 Å². The molecule has 2 heteroatoms. The number of thiophene rings is 1. The molecule has 1 aromatic heterocycles. The molecule has 0 saturated carbocycles. The van der Waals surface area contributed by atoms with Gasteiger partial charge in [0.2, 0.25) is 0 Å². The van der Waals surface area contributed by atoms with Gasteiger partial charge < -0.3 is 5.11 Å². The fourth-order valence-electron chi connectivity index (χ4n) is 1.34. The minimum absolute atomic E-state index is 0.332. The highest BCUT2D eigenvalue weighted by Crippen LogP contribution is 2.14. The third-order valence-corrected chi connectivity index (χ3v) is 3.20. The molecule has 1 rings (SSSR count). The molecule has 1 heterocycles. The smallest absolute Gasteiger partial charge is 0.0456 e. The van der Waals surface area contributed by atoms with Crippen molar-refractivity contribution in [2.75, 3.05) is 6.61 Å². The van der Waals surface area contributed by atoms with E-state index in [1.807, 2.05) is 11.3 Å². The highest BCUT2D eigenvalue weighted by atomic mass is 32.1. The maximum Gasteiger partial charge on any atom is 0.0456 e. The highest BCUT2D eigenvalue weighted by molar-refractivity contribution is 7.09. The monoisotopic (exact) mass is 198 g/mol. The molecule has 0 aliphatic carbocycles. The molecule has 0 saturated heterocycles. The average molecular weight is 198 g/mol. The lowest BCUT2D eigenvalue weighted by atomic mass is 10.0. The van der Waals surface area contributed by atoms with E-state index in [-0.39, 0.29) is 0 Å². The lowest BCUT2D eigenvalue weighted by Gasteiger charge is -2.05. The largest absolute Gasteiger partial charge is 0.396 e. The molecule has 0 aromatic carbocycles. The summed E-state index contributed by atoms with van der Waals surface area (Å²) in [5.41, 5.74) is 0. The molecule has 0 radical (unpaired) electrons. The molecule has 0 aliphatic heterocycles. The van der Waals surface area contributed by atoms with E-state index in [1.54, 1.807) is 0 Å². The van der Waals surface area contributed by atoms with Gasteiger partial charge in [-0.2, -0.15) is 0 Å². The van der Waals surface area contributed by atoms with Crippen LogP contribution in [0.15, 0.2) is 17.5 Å². The van der Waals surface area contributed by atoms with E-state index in [2.05, 4.69) is 24.4 Å². The van der Waals surface area contributed by atoms with Gasteiger partial charge in [-0.15, -0.1) is 11.3 Å². The fourth-order valence-corrected chi connectivity index (χ4v) is 2.09. The van der Waals surface area contributed by atoms with Crippen LogP contribution in [0, 0.1) is 5.92 Å². The van der Waals surface area contributed by atoms with Crippen LogP contribution in [0.25, 0.3) is 0 Å². The molecule has 74 valence electrons.